The lowest BCUT2D eigenvalue weighted by atomic mass is 10.1. The first-order valence-electron chi connectivity index (χ1n) is 6.46. The van der Waals surface area contributed by atoms with Crippen molar-refractivity contribution >= 4 is 11.5 Å². The minimum atomic E-state index is 0.702. The molecule has 3 heterocycles. The number of aryl methyl sites for hydroxylation is 1. The molecule has 0 spiro atoms. The largest absolute Gasteiger partial charge is 0.381 e. The first-order valence-corrected chi connectivity index (χ1v) is 6.46. The maximum Gasteiger partial charge on any atom is 0.157 e. The van der Waals surface area contributed by atoms with E-state index in [1.54, 1.807) is 6.20 Å². The molecule has 0 saturated carbocycles. The molecule has 2 aromatic rings. The maximum atomic E-state index is 5.38. The van der Waals surface area contributed by atoms with Crippen LogP contribution in [-0.4, -0.2) is 34.4 Å². The fourth-order valence-corrected chi connectivity index (χ4v) is 2.38. The van der Waals surface area contributed by atoms with Gasteiger partial charge in [-0.3, -0.25) is 0 Å². The fraction of sp³-hybridized carbons (Fsp3) is 0.538. The summed E-state index contributed by atoms with van der Waals surface area (Å²) in [6.45, 7) is 4.78. The number of anilines is 1. The summed E-state index contributed by atoms with van der Waals surface area (Å²) in [5.41, 5.74) is 1.90. The van der Waals surface area contributed by atoms with Crippen LogP contribution in [0.5, 0.6) is 0 Å². The SMILES string of the molecule is Cc1cc(NCCC2CCOC2)n2nccc2n1. The average molecular weight is 246 g/mol. The Morgan fingerprint density at radius 3 is 3.33 bits per heavy atom. The molecule has 1 aliphatic heterocycles. The van der Waals surface area contributed by atoms with Gasteiger partial charge in [0.1, 0.15) is 5.82 Å². The second kappa shape index (κ2) is 4.94. The van der Waals surface area contributed by atoms with Gasteiger partial charge in [-0.1, -0.05) is 0 Å². The first kappa shape index (κ1) is 11.5. The van der Waals surface area contributed by atoms with Crippen LogP contribution >= 0.6 is 0 Å². The Bertz CT molecular complexity index is 531. The fourth-order valence-electron chi connectivity index (χ4n) is 2.38. The van der Waals surface area contributed by atoms with E-state index >= 15 is 0 Å². The maximum absolute atomic E-state index is 5.38. The predicted molar refractivity (Wildman–Crippen MR) is 69.8 cm³/mol. The molecule has 5 nitrogen and oxygen atoms in total. The van der Waals surface area contributed by atoms with Crippen LogP contribution in [0.4, 0.5) is 5.82 Å². The van der Waals surface area contributed by atoms with Crippen molar-refractivity contribution in [1.29, 1.82) is 0 Å². The van der Waals surface area contributed by atoms with Crippen LogP contribution in [0.1, 0.15) is 18.5 Å². The van der Waals surface area contributed by atoms with Gasteiger partial charge in [0, 0.05) is 37.6 Å². The zero-order chi connectivity index (χ0) is 12.4. The van der Waals surface area contributed by atoms with Gasteiger partial charge in [-0.2, -0.15) is 9.61 Å². The summed E-state index contributed by atoms with van der Waals surface area (Å²) in [7, 11) is 0. The summed E-state index contributed by atoms with van der Waals surface area (Å²) in [4.78, 5) is 4.42. The van der Waals surface area contributed by atoms with Gasteiger partial charge in [0.2, 0.25) is 0 Å². The lowest BCUT2D eigenvalue weighted by Crippen LogP contribution is -2.12. The summed E-state index contributed by atoms with van der Waals surface area (Å²) in [6, 6.07) is 3.95. The lowest BCUT2D eigenvalue weighted by molar-refractivity contribution is 0.185. The molecule has 2 aromatic heterocycles. The van der Waals surface area contributed by atoms with Gasteiger partial charge in [0.25, 0.3) is 0 Å². The van der Waals surface area contributed by atoms with E-state index in [0.717, 1.165) is 43.3 Å². The molecule has 0 aromatic carbocycles. The molecular formula is C13H18N4O. The van der Waals surface area contributed by atoms with E-state index in [0.29, 0.717) is 5.92 Å². The van der Waals surface area contributed by atoms with Crippen molar-refractivity contribution in [2.24, 2.45) is 5.92 Å². The third-order valence-electron chi connectivity index (χ3n) is 3.37. The van der Waals surface area contributed by atoms with Gasteiger partial charge in [-0.05, 0) is 25.7 Å². The average Bonchev–Trinajstić information content (AvgIpc) is 2.98. The Morgan fingerprint density at radius 2 is 2.50 bits per heavy atom. The third kappa shape index (κ3) is 2.31. The van der Waals surface area contributed by atoms with Crippen LogP contribution in [0, 0.1) is 12.8 Å². The number of hydrogen-bond acceptors (Lipinski definition) is 4. The van der Waals surface area contributed by atoms with Crippen molar-refractivity contribution in [3.05, 3.63) is 24.0 Å². The zero-order valence-electron chi connectivity index (χ0n) is 10.6. The predicted octanol–water partition coefficient (Wildman–Crippen LogP) is 1.88. The molecule has 1 unspecified atom stereocenters. The van der Waals surface area contributed by atoms with Gasteiger partial charge in [-0.25, -0.2) is 4.98 Å². The Kier molecular flexibility index (Phi) is 3.15. The molecular weight excluding hydrogens is 228 g/mol. The summed E-state index contributed by atoms with van der Waals surface area (Å²) < 4.78 is 7.23. The Hall–Kier alpha value is -1.62. The minimum absolute atomic E-state index is 0.702. The van der Waals surface area contributed by atoms with Crippen molar-refractivity contribution in [3.8, 4) is 0 Å². The van der Waals surface area contributed by atoms with E-state index in [1.165, 1.54) is 6.42 Å². The molecule has 18 heavy (non-hydrogen) atoms. The van der Waals surface area contributed by atoms with E-state index in [9.17, 15) is 0 Å². The van der Waals surface area contributed by atoms with Crippen LogP contribution in [0.15, 0.2) is 18.3 Å². The van der Waals surface area contributed by atoms with Crippen LogP contribution < -0.4 is 5.32 Å². The van der Waals surface area contributed by atoms with E-state index in [1.807, 2.05) is 23.6 Å². The number of nitrogens with one attached hydrogen (secondary N) is 1. The Balaban J connectivity index is 1.67. The molecule has 3 rings (SSSR count). The van der Waals surface area contributed by atoms with E-state index in [-0.39, 0.29) is 0 Å². The highest BCUT2D eigenvalue weighted by Gasteiger charge is 2.15. The van der Waals surface area contributed by atoms with Crippen molar-refractivity contribution in [3.63, 3.8) is 0 Å². The number of hydrogen-bond donors (Lipinski definition) is 1. The number of aromatic nitrogens is 3. The van der Waals surface area contributed by atoms with E-state index in [2.05, 4.69) is 15.4 Å². The smallest absolute Gasteiger partial charge is 0.157 e. The highest BCUT2D eigenvalue weighted by Crippen LogP contribution is 2.17. The second-order valence-corrected chi connectivity index (χ2v) is 4.83. The summed E-state index contributed by atoms with van der Waals surface area (Å²) >= 11 is 0. The first-order chi connectivity index (χ1) is 8.83. The zero-order valence-corrected chi connectivity index (χ0v) is 10.6. The molecule has 0 bridgehead atoms. The normalized spacial score (nSPS) is 19.5. The molecule has 1 aliphatic rings. The number of nitrogens with zero attached hydrogens (tertiary/aromatic N) is 3. The number of ether oxygens (including phenoxy) is 1. The topological polar surface area (TPSA) is 51.5 Å². The number of rotatable bonds is 4. The molecule has 1 fully saturated rings. The van der Waals surface area contributed by atoms with Crippen LogP contribution in [0.3, 0.4) is 0 Å². The van der Waals surface area contributed by atoms with Gasteiger partial charge in [0.05, 0.1) is 6.20 Å². The molecule has 0 amide bonds. The van der Waals surface area contributed by atoms with Crippen molar-refractivity contribution in [2.75, 3.05) is 25.1 Å². The van der Waals surface area contributed by atoms with Crippen molar-refractivity contribution in [2.45, 2.75) is 19.8 Å². The monoisotopic (exact) mass is 246 g/mol. The number of fused-ring (bicyclic) bond motifs is 1. The highest BCUT2D eigenvalue weighted by atomic mass is 16.5. The molecule has 5 heteroatoms. The van der Waals surface area contributed by atoms with Crippen LogP contribution in [-0.2, 0) is 4.74 Å². The molecule has 1 N–H and O–H groups in total. The summed E-state index contributed by atoms with van der Waals surface area (Å²) in [5, 5.41) is 7.72. The Morgan fingerprint density at radius 1 is 1.56 bits per heavy atom. The quantitative estimate of drug-likeness (QED) is 0.895. The lowest BCUT2D eigenvalue weighted by Gasteiger charge is -2.11. The van der Waals surface area contributed by atoms with Crippen molar-refractivity contribution < 1.29 is 4.74 Å². The molecule has 0 aliphatic carbocycles. The standard InChI is InChI=1S/C13H18N4O/c1-10-8-13(17-12(16-10)3-6-15-17)14-5-2-11-4-7-18-9-11/h3,6,8,11,14H,2,4-5,7,9H2,1H3. The van der Waals surface area contributed by atoms with Gasteiger partial charge >= 0.3 is 0 Å². The van der Waals surface area contributed by atoms with Gasteiger partial charge < -0.3 is 10.1 Å². The van der Waals surface area contributed by atoms with Crippen LogP contribution in [0.2, 0.25) is 0 Å². The van der Waals surface area contributed by atoms with E-state index in [4.69, 9.17) is 4.74 Å². The Labute approximate surface area is 106 Å². The van der Waals surface area contributed by atoms with Gasteiger partial charge in [-0.15, -0.1) is 0 Å². The highest BCUT2D eigenvalue weighted by molar-refractivity contribution is 5.48. The third-order valence-corrected chi connectivity index (χ3v) is 3.37. The van der Waals surface area contributed by atoms with Gasteiger partial charge in [0.15, 0.2) is 5.65 Å². The minimum Gasteiger partial charge on any atom is -0.381 e. The molecule has 0 radical (unpaired) electrons. The van der Waals surface area contributed by atoms with Crippen molar-refractivity contribution in [1.82, 2.24) is 14.6 Å². The molecule has 1 saturated heterocycles. The second-order valence-electron chi connectivity index (χ2n) is 4.83. The summed E-state index contributed by atoms with van der Waals surface area (Å²) in [6.07, 6.45) is 4.11. The van der Waals surface area contributed by atoms with E-state index < -0.39 is 0 Å². The summed E-state index contributed by atoms with van der Waals surface area (Å²) in [5.74, 6) is 1.72. The molecule has 1 atom stereocenters. The van der Waals surface area contributed by atoms with Crippen LogP contribution in [0.25, 0.3) is 5.65 Å². The molecule has 96 valence electrons.